The van der Waals surface area contributed by atoms with Crippen molar-refractivity contribution >= 4 is 22.9 Å². The van der Waals surface area contributed by atoms with Gasteiger partial charge in [-0.2, -0.15) is 0 Å². The number of rotatable bonds is 5. The second-order valence-electron chi connectivity index (χ2n) is 10.7. The molecular weight excluding hydrogens is 446 g/mol. The number of fused-ring (bicyclic) bond motifs is 1. The van der Waals surface area contributed by atoms with Crippen LogP contribution in [0, 0.1) is 11.8 Å². The van der Waals surface area contributed by atoms with Gasteiger partial charge in [0.25, 0.3) is 0 Å². The summed E-state index contributed by atoms with van der Waals surface area (Å²) in [5.74, 6) is 2.33. The van der Waals surface area contributed by atoms with E-state index in [0.717, 1.165) is 60.4 Å². The van der Waals surface area contributed by atoms with Gasteiger partial charge in [0, 0.05) is 42.1 Å². The smallest absolute Gasteiger partial charge is 0.133 e. The Labute approximate surface area is 210 Å². The van der Waals surface area contributed by atoms with Gasteiger partial charge in [0.05, 0.1) is 23.5 Å². The Morgan fingerprint density at radius 3 is 2.68 bits per heavy atom. The van der Waals surface area contributed by atoms with Crippen molar-refractivity contribution in [1.82, 2.24) is 21.3 Å². The molecule has 0 amide bonds. The molecule has 5 N–H and O–H groups in total. The summed E-state index contributed by atoms with van der Waals surface area (Å²) in [6, 6.07) is 3.12. The van der Waals surface area contributed by atoms with Crippen LogP contribution in [-0.2, 0) is 6.42 Å². The quantitative estimate of drug-likeness (QED) is 0.423. The largest absolute Gasteiger partial charge is 0.492 e. The highest BCUT2D eigenvalue weighted by Gasteiger charge is 2.39. The highest BCUT2D eigenvalue weighted by Crippen LogP contribution is 2.45. The molecule has 0 bridgehead atoms. The number of hydrogen-bond donors (Lipinski definition) is 5. The van der Waals surface area contributed by atoms with E-state index in [9.17, 15) is 0 Å². The van der Waals surface area contributed by atoms with Crippen molar-refractivity contribution in [1.29, 1.82) is 0 Å². The second kappa shape index (κ2) is 10.8. The van der Waals surface area contributed by atoms with Crippen molar-refractivity contribution in [3.63, 3.8) is 0 Å². The van der Waals surface area contributed by atoms with Crippen LogP contribution in [0.15, 0.2) is 12.1 Å². The molecule has 1 aliphatic carbocycles. The van der Waals surface area contributed by atoms with Crippen LogP contribution in [0.5, 0.6) is 5.75 Å². The Bertz CT molecular complexity index is 899. The number of benzene rings is 1. The molecule has 0 spiro atoms. The third-order valence-electron chi connectivity index (χ3n) is 8.44. The molecule has 1 aromatic carbocycles. The zero-order valence-electron chi connectivity index (χ0n) is 21.0. The SMILES string of the molecule is CNC1NC(Nc2cc3c(c(C4=CCN[C@@H](C)CC4)c2Cl)OCC3)NC(C)C1C1CCCCC1. The number of hydrogen-bond acceptors (Lipinski definition) is 6. The monoisotopic (exact) mass is 487 g/mol. The third-order valence-corrected chi connectivity index (χ3v) is 8.83. The van der Waals surface area contributed by atoms with Gasteiger partial charge in [-0.05, 0) is 51.3 Å². The van der Waals surface area contributed by atoms with Gasteiger partial charge in [0.1, 0.15) is 12.0 Å². The number of ether oxygens (including phenoxy) is 1. The minimum absolute atomic E-state index is 0.0529. The van der Waals surface area contributed by atoms with Gasteiger partial charge in [0.2, 0.25) is 0 Å². The number of halogens is 1. The van der Waals surface area contributed by atoms with Crippen molar-refractivity contribution in [2.45, 2.75) is 89.8 Å². The van der Waals surface area contributed by atoms with Crippen LogP contribution < -0.4 is 31.3 Å². The highest BCUT2D eigenvalue weighted by molar-refractivity contribution is 6.35. The molecule has 0 radical (unpaired) electrons. The van der Waals surface area contributed by atoms with E-state index in [1.54, 1.807) is 0 Å². The molecule has 0 aromatic heterocycles. The van der Waals surface area contributed by atoms with E-state index in [2.05, 4.69) is 59.6 Å². The first-order chi connectivity index (χ1) is 16.5. The molecule has 7 heteroatoms. The van der Waals surface area contributed by atoms with Crippen molar-refractivity contribution in [3.8, 4) is 5.75 Å². The Balaban J connectivity index is 1.38. The maximum atomic E-state index is 7.12. The standard InChI is InChI=1S/C27H42ClN5O/c1-16-9-10-19(11-13-30-16)23-24(28)21(15-20-12-14-34-25(20)23)32-27-31-17(2)22(26(29-3)33-27)18-7-5-4-6-8-18/h11,15-18,22,26-27,29-33H,4-10,12-14H2,1-3H3/t16-,17?,22?,26?,27?/m0/s1. The lowest BCUT2D eigenvalue weighted by molar-refractivity contribution is 0.0890. The number of allylic oxidation sites excluding steroid dienone is 1. The summed E-state index contributed by atoms with van der Waals surface area (Å²) in [7, 11) is 2.08. The molecule has 4 unspecified atom stereocenters. The zero-order valence-corrected chi connectivity index (χ0v) is 21.7. The maximum Gasteiger partial charge on any atom is 0.133 e. The van der Waals surface area contributed by atoms with Gasteiger partial charge in [-0.15, -0.1) is 0 Å². The minimum Gasteiger partial charge on any atom is -0.492 e. The van der Waals surface area contributed by atoms with Crippen LogP contribution in [-0.4, -0.2) is 44.7 Å². The fourth-order valence-electron chi connectivity index (χ4n) is 6.61. The molecule has 1 saturated heterocycles. The molecule has 2 fully saturated rings. The summed E-state index contributed by atoms with van der Waals surface area (Å²) in [5, 5.41) is 19.2. The molecule has 1 saturated carbocycles. The van der Waals surface area contributed by atoms with Crippen LogP contribution in [0.4, 0.5) is 5.69 Å². The predicted molar refractivity (Wildman–Crippen MR) is 141 cm³/mol. The molecule has 6 nitrogen and oxygen atoms in total. The van der Waals surface area contributed by atoms with Crippen molar-refractivity contribution in [2.24, 2.45) is 11.8 Å². The molecule has 188 valence electrons. The number of anilines is 1. The average Bonchev–Trinajstić information content (AvgIpc) is 3.19. The highest BCUT2D eigenvalue weighted by atomic mass is 35.5. The molecular formula is C27H42ClN5O. The summed E-state index contributed by atoms with van der Waals surface area (Å²) >= 11 is 7.12. The molecule has 1 aromatic rings. The van der Waals surface area contributed by atoms with Crippen LogP contribution in [0.25, 0.3) is 5.57 Å². The summed E-state index contributed by atoms with van der Waals surface area (Å²) in [6.45, 7) is 6.19. The Morgan fingerprint density at radius 2 is 1.88 bits per heavy atom. The van der Waals surface area contributed by atoms with Crippen molar-refractivity contribution in [3.05, 3.63) is 28.3 Å². The predicted octanol–water partition coefficient (Wildman–Crippen LogP) is 4.45. The first-order valence-corrected chi connectivity index (χ1v) is 13.8. The Kier molecular flexibility index (Phi) is 7.71. The molecule has 3 aliphatic heterocycles. The van der Waals surface area contributed by atoms with Gasteiger partial charge < -0.3 is 20.7 Å². The summed E-state index contributed by atoms with van der Waals surface area (Å²) in [5.41, 5.74) is 4.62. The van der Waals surface area contributed by atoms with Crippen molar-refractivity contribution in [2.75, 3.05) is 25.5 Å². The zero-order chi connectivity index (χ0) is 23.7. The summed E-state index contributed by atoms with van der Waals surface area (Å²) in [4.78, 5) is 0. The van der Waals surface area contributed by atoms with Crippen LogP contribution >= 0.6 is 11.6 Å². The molecule has 3 heterocycles. The topological polar surface area (TPSA) is 69.4 Å². The van der Waals surface area contributed by atoms with E-state index in [1.807, 2.05) is 0 Å². The van der Waals surface area contributed by atoms with Crippen molar-refractivity contribution < 1.29 is 4.74 Å². The van der Waals surface area contributed by atoms with Gasteiger partial charge in [-0.3, -0.25) is 10.6 Å². The van der Waals surface area contributed by atoms with Gasteiger partial charge in [0.15, 0.2) is 0 Å². The molecule has 34 heavy (non-hydrogen) atoms. The van der Waals surface area contributed by atoms with E-state index in [1.165, 1.54) is 43.2 Å². The lowest BCUT2D eigenvalue weighted by Crippen LogP contribution is -2.69. The lowest BCUT2D eigenvalue weighted by atomic mass is 9.74. The molecule has 5 rings (SSSR count). The van der Waals surface area contributed by atoms with E-state index in [0.29, 0.717) is 18.0 Å². The fourth-order valence-corrected chi connectivity index (χ4v) is 6.92. The molecule has 5 atom stereocenters. The maximum absolute atomic E-state index is 7.12. The average molecular weight is 488 g/mol. The van der Waals surface area contributed by atoms with Gasteiger partial charge in [-0.1, -0.05) is 49.8 Å². The fraction of sp³-hybridized carbons (Fsp3) is 0.704. The molecule has 4 aliphatic rings. The van der Waals surface area contributed by atoms with E-state index < -0.39 is 0 Å². The Morgan fingerprint density at radius 1 is 1.06 bits per heavy atom. The normalized spacial score (nSPS) is 32.5. The van der Waals surface area contributed by atoms with Crippen LogP contribution in [0.2, 0.25) is 5.02 Å². The van der Waals surface area contributed by atoms with E-state index in [4.69, 9.17) is 16.3 Å². The van der Waals surface area contributed by atoms with Gasteiger partial charge in [-0.25, -0.2) is 0 Å². The van der Waals surface area contributed by atoms with E-state index in [-0.39, 0.29) is 12.5 Å². The van der Waals surface area contributed by atoms with Crippen LogP contribution in [0.3, 0.4) is 0 Å². The number of nitrogens with one attached hydrogen (secondary N) is 5. The first kappa shape index (κ1) is 24.4. The first-order valence-electron chi connectivity index (χ1n) is 13.4. The Hall–Kier alpha value is -1.31. The van der Waals surface area contributed by atoms with E-state index >= 15 is 0 Å². The van der Waals surface area contributed by atoms with Crippen LogP contribution in [0.1, 0.15) is 69.9 Å². The summed E-state index contributed by atoms with van der Waals surface area (Å²) < 4.78 is 6.09. The third kappa shape index (κ3) is 4.98. The second-order valence-corrected chi connectivity index (χ2v) is 11.1. The van der Waals surface area contributed by atoms with Gasteiger partial charge >= 0.3 is 0 Å². The summed E-state index contributed by atoms with van der Waals surface area (Å²) in [6.07, 6.45) is 12.4. The lowest BCUT2D eigenvalue weighted by Gasteiger charge is -2.47. The minimum atomic E-state index is -0.0529.